The van der Waals surface area contributed by atoms with E-state index in [0.717, 1.165) is 4.90 Å². The van der Waals surface area contributed by atoms with Crippen molar-refractivity contribution in [3.8, 4) is 11.5 Å². The molecule has 1 aliphatic heterocycles. The van der Waals surface area contributed by atoms with Crippen molar-refractivity contribution < 1.29 is 24.0 Å². The highest BCUT2D eigenvalue weighted by atomic mass is 35.5. The summed E-state index contributed by atoms with van der Waals surface area (Å²) in [6, 6.07) is 8.87. The second kappa shape index (κ2) is 10.1. The molecule has 0 saturated carbocycles. The Labute approximate surface area is 189 Å². The topological polar surface area (TPSA) is 111 Å². The number of nitrogens with one attached hydrogen (secondary N) is 1. The molecule has 2 aromatic carbocycles. The largest absolute Gasteiger partial charge is 0.490 e. The molecule has 1 fully saturated rings. The second-order valence-electron chi connectivity index (χ2n) is 6.92. The minimum absolute atomic E-state index is 0.0374. The first-order valence-electron chi connectivity index (χ1n) is 10.0. The van der Waals surface area contributed by atoms with Crippen LogP contribution < -0.4 is 14.8 Å². The van der Waals surface area contributed by atoms with Gasteiger partial charge in [-0.1, -0.05) is 30.7 Å². The van der Waals surface area contributed by atoms with E-state index in [1.54, 1.807) is 31.2 Å². The van der Waals surface area contributed by atoms with Crippen LogP contribution in [0.15, 0.2) is 42.1 Å². The molecule has 1 aliphatic rings. The van der Waals surface area contributed by atoms with Crippen LogP contribution in [0.3, 0.4) is 0 Å². The van der Waals surface area contributed by atoms with Crippen LogP contribution in [-0.4, -0.2) is 34.9 Å². The van der Waals surface area contributed by atoms with Gasteiger partial charge in [-0.3, -0.25) is 19.8 Å². The number of nitro benzene ring substituents is 1. The lowest BCUT2D eigenvalue weighted by Crippen LogP contribution is -2.31. The van der Waals surface area contributed by atoms with E-state index in [1.165, 1.54) is 18.2 Å². The Morgan fingerprint density at radius 1 is 1.19 bits per heavy atom. The van der Waals surface area contributed by atoms with E-state index in [-0.39, 0.29) is 28.8 Å². The number of imide groups is 1. The third-order valence-electron chi connectivity index (χ3n) is 4.56. The molecule has 1 saturated heterocycles. The molecule has 0 aromatic heterocycles. The van der Waals surface area contributed by atoms with Gasteiger partial charge in [0.25, 0.3) is 11.6 Å². The third-order valence-corrected chi connectivity index (χ3v) is 4.84. The molecule has 3 amide bonds. The van der Waals surface area contributed by atoms with Crippen molar-refractivity contribution >= 4 is 35.3 Å². The van der Waals surface area contributed by atoms with Gasteiger partial charge < -0.3 is 14.8 Å². The number of nitro groups is 1. The Hall–Kier alpha value is -3.59. The predicted octanol–water partition coefficient (Wildman–Crippen LogP) is 4.53. The van der Waals surface area contributed by atoms with Crippen LogP contribution in [-0.2, 0) is 11.4 Å². The summed E-state index contributed by atoms with van der Waals surface area (Å²) >= 11 is 6.42. The molecular formula is C22H22ClN3O6. The fourth-order valence-corrected chi connectivity index (χ4v) is 3.43. The minimum Gasteiger partial charge on any atom is -0.490 e. The average Bonchev–Trinajstić information content (AvgIpc) is 3.01. The van der Waals surface area contributed by atoms with Crippen LogP contribution in [0.4, 0.5) is 10.5 Å². The predicted molar refractivity (Wildman–Crippen MR) is 119 cm³/mol. The lowest BCUT2D eigenvalue weighted by atomic mass is 10.1. The highest BCUT2D eigenvalue weighted by Gasteiger charge is 2.32. The van der Waals surface area contributed by atoms with Crippen molar-refractivity contribution in [3.05, 3.63) is 68.4 Å². The molecule has 0 radical (unpaired) electrons. The maximum atomic E-state index is 12.4. The summed E-state index contributed by atoms with van der Waals surface area (Å²) in [7, 11) is 0. The van der Waals surface area contributed by atoms with Crippen molar-refractivity contribution in [2.24, 2.45) is 0 Å². The lowest BCUT2D eigenvalue weighted by molar-refractivity contribution is -0.384. The van der Waals surface area contributed by atoms with Gasteiger partial charge in [-0.25, -0.2) is 4.79 Å². The van der Waals surface area contributed by atoms with Crippen molar-refractivity contribution in [2.75, 3.05) is 13.2 Å². The van der Waals surface area contributed by atoms with Crippen LogP contribution in [0.1, 0.15) is 31.4 Å². The van der Waals surface area contributed by atoms with Gasteiger partial charge in [-0.2, -0.15) is 0 Å². The molecular weight excluding hydrogens is 438 g/mol. The first kappa shape index (κ1) is 23.1. The standard InChI is InChI=1S/C22H22ClN3O6/c1-3-8-25-21(27)18(24-22(25)28)11-15-10-17(23)20(19(12-15)31-4-2)32-13-14-6-5-7-16(9-14)26(29)30/h5-7,9-12H,3-4,8,13H2,1-2H3,(H,24,28)/b18-11+. The Morgan fingerprint density at radius 2 is 1.97 bits per heavy atom. The number of nitrogens with zero attached hydrogens (tertiary/aromatic N) is 2. The van der Waals surface area contributed by atoms with Gasteiger partial charge in [-0.05, 0) is 42.7 Å². The molecule has 32 heavy (non-hydrogen) atoms. The smallest absolute Gasteiger partial charge is 0.329 e. The maximum absolute atomic E-state index is 12.4. The molecule has 2 aromatic rings. The lowest BCUT2D eigenvalue weighted by Gasteiger charge is -2.15. The molecule has 0 bridgehead atoms. The fraction of sp³-hybridized carbons (Fsp3) is 0.273. The summed E-state index contributed by atoms with van der Waals surface area (Å²) in [6.07, 6.45) is 2.18. The molecule has 0 atom stereocenters. The summed E-state index contributed by atoms with van der Waals surface area (Å²) in [5.41, 5.74) is 1.25. The zero-order valence-electron chi connectivity index (χ0n) is 17.6. The molecule has 0 unspecified atom stereocenters. The van der Waals surface area contributed by atoms with Crippen molar-refractivity contribution in [2.45, 2.75) is 26.9 Å². The second-order valence-corrected chi connectivity index (χ2v) is 7.33. The molecule has 1 heterocycles. The number of carbonyl (C=O) groups is 2. The summed E-state index contributed by atoms with van der Waals surface area (Å²) in [5, 5.41) is 13.8. The number of benzene rings is 2. The number of hydrogen-bond donors (Lipinski definition) is 1. The van der Waals surface area contributed by atoms with Crippen LogP contribution in [0.2, 0.25) is 5.02 Å². The summed E-state index contributed by atoms with van der Waals surface area (Å²) < 4.78 is 11.5. The Balaban J connectivity index is 1.85. The Morgan fingerprint density at radius 3 is 2.66 bits per heavy atom. The summed E-state index contributed by atoms with van der Waals surface area (Å²) in [4.78, 5) is 36.1. The zero-order valence-corrected chi connectivity index (χ0v) is 18.3. The highest BCUT2D eigenvalue weighted by molar-refractivity contribution is 6.32. The Kier molecular flexibility index (Phi) is 7.32. The fourth-order valence-electron chi connectivity index (χ4n) is 3.15. The van der Waals surface area contributed by atoms with E-state index in [0.29, 0.717) is 36.4 Å². The van der Waals surface area contributed by atoms with E-state index < -0.39 is 16.9 Å². The van der Waals surface area contributed by atoms with E-state index in [2.05, 4.69) is 5.32 Å². The number of halogens is 1. The Bertz CT molecular complexity index is 1090. The van der Waals surface area contributed by atoms with Gasteiger partial charge in [-0.15, -0.1) is 0 Å². The summed E-state index contributed by atoms with van der Waals surface area (Å²) in [5.74, 6) is 0.216. The van der Waals surface area contributed by atoms with Crippen LogP contribution >= 0.6 is 11.6 Å². The minimum atomic E-state index is -0.477. The third kappa shape index (κ3) is 5.17. The molecule has 0 spiro atoms. The normalized spacial score (nSPS) is 14.6. The number of non-ortho nitro benzene ring substituents is 1. The molecule has 0 aliphatic carbocycles. The van der Waals surface area contributed by atoms with Crippen LogP contribution in [0, 0.1) is 10.1 Å². The van der Waals surface area contributed by atoms with Gasteiger partial charge in [0, 0.05) is 18.7 Å². The van der Waals surface area contributed by atoms with E-state index in [1.807, 2.05) is 6.92 Å². The van der Waals surface area contributed by atoms with E-state index in [4.69, 9.17) is 21.1 Å². The number of hydrogen-bond acceptors (Lipinski definition) is 6. The van der Waals surface area contributed by atoms with Gasteiger partial charge in [0.2, 0.25) is 0 Å². The monoisotopic (exact) mass is 459 g/mol. The maximum Gasteiger partial charge on any atom is 0.329 e. The number of rotatable bonds is 9. The van der Waals surface area contributed by atoms with Crippen molar-refractivity contribution in [3.63, 3.8) is 0 Å². The van der Waals surface area contributed by atoms with Gasteiger partial charge >= 0.3 is 6.03 Å². The quantitative estimate of drug-likeness (QED) is 0.255. The van der Waals surface area contributed by atoms with E-state index >= 15 is 0 Å². The van der Waals surface area contributed by atoms with Gasteiger partial charge in [0.05, 0.1) is 16.6 Å². The SMILES string of the molecule is CCCN1C(=O)N/C(=C/c2cc(Cl)c(OCc3cccc([N+](=O)[O-])c3)c(OCC)c2)C1=O. The van der Waals surface area contributed by atoms with Crippen molar-refractivity contribution in [1.29, 1.82) is 0 Å². The van der Waals surface area contributed by atoms with Gasteiger partial charge in [0.15, 0.2) is 11.5 Å². The van der Waals surface area contributed by atoms with Crippen molar-refractivity contribution in [1.82, 2.24) is 10.2 Å². The molecule has 1 N–H and O–H groups in total. The number of carbonyl (C=O) groups excluding carboxylic acids is 2. The number of urea groups is 1. The van der Waals surface area contributed by atoms with E-state index in [9.17, 15) is 19.7 Å². The first-order valence-corrected chi connectivity index (χ1v) is 10.4. The number of amides is 3. The highest BCUT2D eigenvalue weighted by Crippen LogP contribution is 2.38. The van der Waals surface area contributed by atoms with Crippen LogP contribution in [0.25, 0.3) is 6.08 Å². The summed E-state index contributed by atoms with van der Waals surface area (Å²) in [6.45, 7) is 4.39. The molecule has 9 nitrogen and oxygen atoms in total. The van der Waals surface area contributed by atoms with Gasteiger partial charge in [0.1, 0.15) is 12.3 Å². The molecule has 3 rings (SSSR count). The zero-order chi connectivity index (χ0) is 23.3. The molecule has 168 valence electrons. The first-order chi connectivity index (χ1) is 15.3. The number of ether oxygens (including phenoxy) is 2. The molecule has 10 heteroatoms. The van der Waals surface area contributed by atoms with Crippen LogP contribution in [0.5, 0.6) is 11.5 Å². The average molecular weight is 460 g/mol.